The number of carbonyl (C=O) groups is 2. The lowest BCUT2D eigenvalue weighted by molar-refractivity contribution is -0.132. The number of hydrogen-bond donors (Lipinski definition) is 1. The van der Waals surface area contributed by atoms with Crippen LogP contribution in [0.4, 0.5) is 11.4 Å². The van der Waals surface area contributed by atoms with E-state index in [-0.39, 0.29) is 16.4 Å². The maximum atomic E-state index is 13.5. The lowest BCUT2D eigenvalue weighted by atomic mass is 9.94. The van der Waals surface area contributed by atoms with Gasteiger partial charge in [0.1, 0.15) is 11.5 Å². The summed E-state index contributed by atoms with van der Waals surface area (Å²) in [4.78, 5) is 30.7. The van der Waals surface area contributed by atoms with Gasteiger partial charge in [-0.1, -0.05) is 41.4 Å². The minimum atomic E-state index is -0.812. The number of nitrogens with zero attached hydrogens (tertiary/aromatic N) is 2. The molecule has 192 valence electrons. The SMILES string of the molecule is CCN(CC)c1ccc(C2/C(=C(\O)c3ccc(OC)c(Cl)c3)C(=O)C(=O)N2c2ccc(C)cc2C)cc1. The van der Waals surface area contributed by atoms with Gasteiger partial charge in [-0.25, -0.2) is 0 Å². The summed E-state index contributed by atoms with van der Waals surface area (Å²) in [6.45, 7) is 9.77. The number of anilines is 2. The number of benzene rings is 3. The Morgan fingerprint density at radius 1 is 1.00 bits per heavy atom. The van der Waals surface area contributed by atoms with E-state index < -0.39 is 17.7 Å². The zero-order chi connectivity index (χ0) is 26.9. The first-order valence-electron chi connectivity index (χ1n) is 12.3. The number of methoxy groups -OCH3 is 1. The quantitative estimate of drug-likeness (QED) is 0.221. The van der Waals surface area contributed by atoms with Crippen molar-refractivity contribution in [3.05, 3.63) is 93.5 Å². The Bertz CT molecular complexity index is 1380. The van der Waals surface area contributed by atoms with Gasteiger partial charge in [0.25, 0.3) is 11.7 Å². The second-order valence-electron chi connectivity index (χ2n) is 9.07. The van der Waals surface area contributed by atoms with Gasteiger partial charge in [-0.3, -0.25) is 14.5 Å². The molecule has 0 aliphatic carbocycles. The maximum absolute atomic E-state index is 13.5. The lowest BCUT2D eigenvalue weighted by Gasteiger charge is -2.28. The Labute approximate surface area is 222 Å². The van der Waals surface area contributed by atoms with E-state index in [2.05, 4.69) is 18.7 Å². The molecule has 1 unspecified atom stereocenters. The smallest absolute Gasteiger partial charge is 0.300 e. The van der Waals surface area contributed by atoms with Crippen LogP contribution in [0.3, 0.4) is 0 Å². The first-order chi connectivity index (χ1) is 17.7. The molecule has 1 fully saturated rings. The summed E-state index contributed by atoms with van der Waals surface area (Å²) in [5.74, 6) is -1.28. The number of carbonyl (C=O) groups excluding carboxylic acids is 2. The van der Waals surface area contributed by atoms with Crippen molar-refractivity contribution in [2.24, 2.45) is 0 Å². The molecule has 0 aromatic heterocycles. The highest BCUT2D eigenvalue weighted by molar-refractivity contribution is 6.51. The highest BCUT2D eigenvalue weighted by atomic mass is 35.5. The van der Waals surface area contributed by atoms with Crippen molar-refractivity contribution in [1.82, 2.24) is 0 Å². The molecule has 4 rings (SSSR count). The van der Waals surface area contributed by atoms with Crippen LogP contribution in [0.1, 0.15) is 42.1 Å². The zero-order valence-electron chi connectivity index (χ0n) is 21.7. The van der Waals surface area contributed by atoms with E-state index in [0.29, 0.717) is 17.0 Å². The molecule has 1 aliphatic heterocycles. The summed E-state index contributed by atoms with van der Waals surface area (Å²) < 4.78 is 5.22. The van der Waals surface area contributed by atoms with Crippen molar-refractivity contribution >= 4 is 40.4 Å². The van der Waals surface area contributed by atoms with Gasteiger partial charge in [0.05, 0.1) is 23.7 Å². The molecule has 3 aromatic carbocycles. The fourth-order valence-corrected chi connectivity index (χ4v) is 5.16. The van der Waals surface area contributed by atoms with E-state index in [0.717, 1.165) is 35.5 Å². The summed E-state index contributed by atoms with van der Waals surface area (Å²) in [7, 11) is 1.50. The van der Waals surface area contributed by atoms with Gasteiger partial charge < -0.3 is 14.7 Å². The molecule has 1 heterocycles. The minimum absolute atomic E-state index is 0.0156. The van der Waals surface area contributed by atoms with E-state index in [9.17, 15) is 14.7 Å². The van der Waals surface area contributed by atoms with Crippen LogP contribution < -0.4 is 14.5 Å². The van der Waals surface area contributed by atoms with Crippen molar-refractivity contribution in [1.29, 1.82) is 0 Å². The number of amides is 1. The average molecular weight is 519 g/mol. The van der Waals surface area contributed by atoms with Gasteiger partial charge in [0.15, 0.2) is 0 Å². The maximum Gasteiger partial charge on any atom is 0.300 e. The monoisotopic (exact) mass is 518 g/mol. The number of ether oxygens (including phenoxy) is 1. The summed E-state index contributed by atoms with van der Waals surface area (Å²) in [6, 6.07) is 17.5. The van der Waals surface area contributed by atoms with Crippen LogP contribution in [0.5, 0.6) is 5.75 Å². The van der Waals surface area contributed by atoms with Crippen molar-refractivity contribution in [3.8, 4) is 5.75 Å². The summed E-state index contributed by atoms with van der Waals surface area (Å²) >= 11 is 6.31. The number of Topliss-reactive ketones (excluding diaryl/α,β-unsaturated/α-hetero) is 1. The topological polar surface area (TPSA) is 70.1 Å². The van der Waals surface area contributed by atoms with Gasteiger partial charge in [-0.15, -0.1) is 0 Å². The fourth-order valence-electron chi connectivity index (χ4n) is 4.90. The van der Waals surface area contributed by atoms with E-state index >= 15 is 0 Å². The molecule has 7 heteroatoms. The predicted octanol–water partition coefficient (Wildman–Crippen LogP) is 6.44. The average Bonchev–Trinajstić information content (AvgIpc) is 3.15. The van der Waals surface area contributed by atoms with E-state index in [1.165, 1.54) is 18.1 Å². The van der Waals surface area contributed by atoms with E-state index in [4.69, 9.17) is 16.3 Å². The summed E-state index contributed by atoms with van der Waals surface area (Å²) in [6.07, 6.45) is 0. The number of hydrogen-bond acceptors (Lipinski definition) is 5. The van der Waals surface area contributed by atoms with Crippen molar-refractivity contribution in [2.75, 3.05) is 30.0 Å². The molecule has 0 bridgehead atoms. The van der Waals surface area contributed by atoms with Crippen LogP contribution in [-0.4, -0.2) is 37.0 Å². The number of ketones is 1. The Morgan fingerprint density at radius 3 is 2.24 bits per heavy atom. The molecule has 1 amide bonds. The Hall–Kier alpha value is -3.77. The molecule has 6 nitrogen and oxygen atoms in total. The summed E-state index contributed by atoms with van der Waals surface area (Å²) in [5.41, 5.74) is 4.63. The fraction of sp³-hybridized carbons (Fsp3) is 0.267. The van der Waals surface area contributed by atoms with Crippen molar-refractivity contribution in [2.45, 2.75) is 33.7 Å². The highest BCUT2D eigenvalue weighted by Gasteiger charge is 2.47. The van der Waals surface area contributed by atoms with Gasteiger partial charge in [0.2, 0.25) is 0 Å². The molecule has 1 atom stereocenters. The van der Waals surface area contributed by atoms with Crippen LogP contribution in [0.2, 0.25) is 5.02 Å². The number of aliphatic hydroxyl groups is 1. The molecular formula is C30H31ClN2O4. The molecule has 0 radical (unpaired) electrons. The van der Waals surface area contributed by atoms with Gasteiger partial charge in [0, 0.05) is 30.0 Å². The van der Waals surface area contributed by atoms with E-state index in [1.54, 1.807) is 12.1 Å². The molecular weight excluding hydrogens is 488 g/mol. The van der Waals surface area contributed by atoms with Crippen LogP contribution in [0.15, 0.2) is 66.2 Å². The van der Waals surface area contributed by atoms with Crippen LogP contribution >= 0.6 is 11.6 Å². The standard InChI is InChI=1S/C30H31ClN2O4/c1-6-32(7-2)22-12-9-20(10-13-22)27-26(28(34)21-11-15-25(37-5)23(31)17-21)29(35)30(36)33(27)24-14-8-18(3)16-19(24)4/h8-17,27,34H,6-7H2,1-5H3/b28-26+. The second kappa shape index (κ2) is 10.7. The first kappa shape index (κ1) is 26.3. The summed E-state index contributed by atoms with van der Waals surface area (Å²) in [5, 5.41) is 11.7. The third kappa shape index (κ3) is 4.81. The van der Waals surface area contributed by atoms with Crippen molar-refractivity contribution < 1.29 is 19.4 Å². The van der Waals surface area contributed by atoms with Crippen molar-refractivity contribution in [3.63, 3.8) is 0 Å². The predicted molar refractivity (Wildman–Crippen MR) is 149 cm³/mol. The number of aliphatic hydroxyl groups excluding tert-OH is 1. The molecule has 0 saturated carbocycles. The molecule has 0 spiro atoms. The van der Waals surface area contributed by atoms with Gasteiger partial charge >= 0.3 is 0 Å². The Morgan fingerprint density at radius 2 is 1.68 bits per heavy atom. The molecule has 1 aliphatic rings. The molecule has 1 N–H and O–H groups in total. The Kier molecular flexibility index (Phi) is 7.60. The molecule has 1 saturated heterocycles. The zero-order valence-corrected chi connectivity index (χ0v) is 22.5. The molecule has 3 aromatic rings. The third-order valence-electron chi connectivity index (χ3n) is 6.82. The largest absolute Gasteiger partial charge is 0.507 e. The number of halogens is 1. The number of aryl methyl sites for hydroxylation is 2. The molecule has 37 heavy (non-hydrogen) atoms. The highest BCUT2D eigenvalue weighted by Crippen LogP contribution is 2.44. The van der Waals surface area contributed by atoms with Gasteiger partial charge in [-0.2, -0.15) is 0 Å². The van der Waals surface area contributed by atoms with Crippen LogP contribution in [-0.2, 0) is 9.59 Å². The minimum Gasteiger partial charge on any atom is -0.507 e. The first-order valence-corrected chi connectivity index (χ1v) is 12.7. The van der Waals surface area contributed by atoms with Gasteiger partial charge in [-0.05, 0) is 75.2 Å². The second-order valence-corrected chi connectivity index (χ2v) is 9.48. The lowest BCUT2D eigenvalue weighted by Crippen LogP contribution is -2.30. The Balaban J connectivity index is 1.92. The van der Waals surface area contributed by atoms with Crippen LogP contribution in [0.25, 0.3) is 5.76 Å². The van der Waals surface area contributed by atoms with E-state index in [1.807, 2.05) is 56.3 Å². The normalized spacial score (nSPS) is 16.8. The third-order valence-corrected chi connectivity index (χ3v) is 7.11. The van der Waals surface area contributed by atoms with Crippen LogP contribution in [0, 0.1) is 13.8 Å². The number of rotatable bonds is 7.